The fourth-order valence-electron chi connectivity index (χ4n) is 1.38. The number of carbonyl (C=O) groups excluding carboxylic acids is 2. The van der Waals surface area contributed by atoms with Crippen LogP contribution in [0.4, 0.5) is 4.79 Å². The van der Waals surface area contributed by atoms with Crippen LogP contribution >= 0.6 is 0 Å². The number of aliphatic carboxylic acids is 1. The van der Waals surface area contributed by atoms with Gasteiger partial charge in [0.25, 0.3) is 0 Å². The van der Waals surface area contributed by atoms with Gasteiger partial charge < -0.3 is 21.5 Å². The van der Waals surface area contributed by atoms with E-state index in [-0.39, 0.29) is 12.5 Å². The van der Waals surface area contributed by atoms with Crippen molar-refractivity contribution in [3.8, 4) is 0 Å². The minimum absolute atomic E-state index is 0.0187. The van der Waals surface area contributed by atoms with Crippen LogP contribution in [-0.4, -0.2) is 35.6 Å². The highest BCUT2D eigenvalue weighted by Crippen LogP contribution is 2.10. The molecule has 104 valence electrons. The summed E-state index contributed by atoms with van der Waals surface area (Å²) < 4.78 is 0. The van der Waals surface area contributed by atoms with Crippen LogP contribution in [0.15, 0.2) is 0 Å². The van der Waals surface area contributed by atoms with E-state index in [1.807, 2.05) is 13.8 Å². The molecule has 7 nitrogen and oxygen atoms in total. The number of amides is 3. The van der Waals surface area contributed by atoms with Crippen LogP contribution in [0.5, 0.6) is 0 Å². The molecule has 5 N–H and O–H groups in total. The summed E-state index contributed by atoms with van der Waals surface area (Å²) in [6.07, 6.45) is 0.473. The third kappa shape index (κ3) is 6.72. The molecule has 2 unspecified atom stereocenters. The number of nitrogens with one attached hydrogen (secondary N) is 2. The van der Waals surface area contributed by atoms with E-state index in [0.717, 1.165) is 0 Å². The lowest BCUT2D eigenvalue weighted by Crippen LogP contribution is -2.48. The molecule has 0 aliphatic carbocycles. The van der Waals surface area contributed by atoms with Gasteiger partial charge in [-0.05, 0) is 19.3 Å². The van der Waals surface area contributed by atoms with Crippen molar-refractivity contribution in [2.75, 3.05) is 6.54 Å². The summed E-state index contributed by atoms with van der Waals surface area (Å²) in [5, 5.41) is 13.7. The van der Waals surface area contributed by atoms with Gasteiger partial charge in [0.15, 0.2) is 0 Å². The van der Waals surface area contributed by atoms with Gasteiger partial charge in [-0.3, -0.25) is 9.59 Å². The first-order valence-corrected chi connectivity index (χ1v) is 5.80. The normalized spacial score (nSPS) is 13.8. The van der Waals surface area contributed by atoms with Gasteiger partial charge in [-0.25, -0.2) is 4.79 Å². The van der Waals surface area contributed by atoms with Crippen molar-refractivity contribution >= 4 is 17.9 Å². The maximum absolute atomic E-state index is 11.3. The second-order valence-electron chi connectivity index (χ2n) is 4.64. The van der Waals surface area contributed by atoms with E-state index in [9.17, 15) is 14.4 Å². The predicted octanol–water partition coefficient (Wildman–Crippen LogP) is -0.0937. The molecule has 0 saturated heterocycles. The summed E-state index contributed by atoms with van der Waals surface area (Å²) in [6.45, 7) is 5.28. The van der Waals surface area contributed by atoms with Gasteiger partial charge in [-0.1, -0.05) is 13.8 Å². The molecule has 0 fully saturated rings. The molecular weight excluding hydrogens is 238 g/mol. The topological polar surface area (TPSA) is 122 Å². The highest BCUT2D eigenvalue weighted by Gasteiger charge is 2.20. The number of hydrogen-bond donors (Lipinski definition) is 4. The first kappa shape index (κ1) is 16.2. The second-order valence-corrected chi connectivity index (χ2v) is 4.64. The Kier molecular flexibility index (Phi) is 6.77. The quantitative estimate of drug-likeness (QED) is 0.510. The van der Waals surface area contributed by atoms with Gasteiger partial charge >= 0.3 is 12.0 Å². The summed E-state index contributed by atoms with van der Waals surface area (Å²) in [5.74, 6) is -2.02. The van der Waals surface area contributed by atoms with Gasteiger partial charge in [-0.2, -0.15) is 0 Å². The smallest absolute Gasteiger partial charge is 0.315 e. The molecule has 0 aromatic carbocycles. The fourth-order valence-corrected chi connectivity index (χ4v) is 1.38. The average molecular weight is 259 g/mol. The third-order valence-electron chi connectivity index (χ3n) is 2.39. The highest BCUT2D eigenvalue weighted by molar-refractivity contribution is 5.85. The fraction of sp³-hybridized carbons (Fsp3) is 0.727. The number of hydrogen-bond acceptors (Lipinski definition) is 3. The van der Waals surface area contributed by atoms with Gasteiger partial charge in [-0.15, -0.1) is 0 Å². The van der Waals surface area contributed by atoms with Gasteiger partial charge in [0.2, 0.25) is 5.91 Å². The van der Waals surface area contributed by atoms with Crippen molar-refractivity contribution in [2.45, 2.75) is 33.2 Å². The third-order valence-corrected chi connectivity index (χ3v) is 2.39. The van der Waals surface area contributed by atoms with Gasteiger partial charge in [0, 0.05) is 6.54 Å². The summed E-state index contributed by atoms with van der Waals surface area (Å²) >= 11 is 0. The Bertz CT molecular complexity index is 317. The Morgan fingerprint density at radius 1 is 1.22 bits per heavy atom. The Balaban J connectivity index is 4.15. The van der Waals surface area contributed by atoms with E-state index >= 15 is 0 Å². The summed E-state index contributed by atoms with van der Waals surface area (Å²) in [5.41, 5.74) is 4.98. The van der Waals surface area contributed by atoms with Crippen LogP contribution in [0.1, 0.15) is 27.2 Å². The van der Waals surface area contributed by atoms with E-state index < -0.39 is 29.9 Å². The number of rotatable bonds is 7. The molecule has 18 heavy (non-hydrogen) atoms. The number of urea groups is 1. The van der Waals surface area contributed by atoms with Crippen LogP contribution in [0.2, 0.25) is 0 Å². The molecule has 0 radical (unpaired) electrons. The molecule has 0 bridgehead atoms. The van der Waals surface area contributed by atoms with E-state index in [1.165, 1.54) is 6.92 Å². The van der Waals surface area contributed by atoms with E-state index in [2.05, 4.69) is 10.6 Å². The van der Waals surface area contributed by atoms with Crippen LogP contribution in [0.3, 0.4) is 0 Å². The molecule has 0 saturated carbocycles. The molecule has 0 aliphatic heterocycles. The minimum Gasteiger partial charge on any atom is -0.481 e. The molecule has 0 heterocycles. The van der Waals surface area contributed by atoms with Crippen molar-refractivity contribution in [1.29, 1.82) is 0 Å². The van der Waals surface area contributed by atoms with Gasteiger partial charge in [0.05, 0.1) is 5.92 Å². The molecule has 7 heteroatoms. The van der Waals surface area contributed by atoms with Crippen molar-refractivity contribution < 1.29 is 19.5 Å². The monoisotopic (exact) mass is 259 g/mol. The first-order valence-electron chi connectivity index (χ1n) is 5.80. The number of nitrogens with two attached hydrogens (primary N) is 1. The van der Waals surface area contributed by atoms with Crippen molar-refractivity contribution in [3.05, 3.63) is 0 Å². The molecule has 3 amide bonds. The summed E-state index contributed by atoms with van der Waals surface area (Å²) in [4.78, 5) is 33.0. The molecule has 0 aromatic heterocycles. The molecule has 0 aliphatic rings. The predicted molar refractivity (Wildman–Crippen MR) is 65.8 cm³/mol. The zero-order chi connectivity index (χ0) is 14.3. The molecule has 0 rings (SSSR count). The minimum atomic E-state index is -0.952. The Hall–Kier alpha value is -1.79. The SMILES string of the molecule is CC(C)CC(CNC(=O)NC(C)C(N)=O)C(=O)O. The highest BCUT2D eigenvalue weighted by atomic mass is 16.4. The Morgan fingerprint density at radius 2 is 1.78 bits per heavy atom. The Labute approximate surface area is 106 Å². The lowest BCUT2D eigenvalue weighted by Gasteiger charge is -2.16. The molecule has 0 spiro atoms. The van der Waals surface area contributed by atoms with Crippen LogP contribution in [-0.2, 0) is 9.59 Å². The number of carbonyl (C=O) groups is 3. The second kappa shape index (κ2) is 7.52. The number of carboxylic acid groups (broad SMARTS) is 1. The number of carboxylic acids is 1. The lowest BCUT2D eigenvalue weighted by atomic mass is 9.97. The maximum Gasteiger partial charge on any atom is 0.315 e. The van der Waals surface area contributed by atoms with Gasteiger partial charge in [0.1, 0.15) is 6.04 Å². The van der Waals surface area contributed by atoms with E-state index in [0.29, 0.717) is 6.42 Å². The van der Waals surface area contributed by atoms with Crippen LogP contribution in [0.25, 0.3) is 0 Å². The lowest BCUT2D eigenvalue weighted by molar-refractivity contribution is -0.142. The summed E-state index contributed by atoms with van der Waals surface area (Å²) in [6, 6.07) is -1.39. The zero-order valence-electron chi connectivity index (χ0n) is 10.9. The van der Waals surface area contributed by atoms with Crippen molar-refractivity contribution in [3.63, 3.8) is 0 Å². The first-order chi connectivity index (χ1) is 8.23. The van der Waals surface area contributed by atoms with E-state index in [1.54, 1.807) is 0 Å². The van der Waals surface area contributed by atoms with Crippen LogP contribution in [0, 0.1) is 11.8 Å². The largest absolute Gasteiger partial charge is 0.481 e. The Morgan fingerprint density at radius 3 is 2.17 bits per heavy atom. The summed E-state index contributed by atoms with van der Waals surface area (Å²) in [7, 11) is 0. The molecular formula is C11H21N3O4. The molecule has 2 atom stereocenters. The van der Waals surface area contributed by atoms with Crippen molar-refractivity contribution in [2.24, 2.45) is 17.6 Å². The van der Waals surface area contributed by atoms with E-state index in [4.69, 9.17) is 10.8 Å². The average Bonchev–Trinajstić information content (AvgIpc) is 2.22. The zero-order valence-corrected chi connectivity index (χ0v) is 10.9. The standard InChI is InChI=1S/C11H21N3O4/c1-6(2)4-8(10(16)17)5-13-11(18)14-7(3)9(12)15/h6-8H,4-5H2,1-3H3,(H2,12,15)(H,16,17)(H2,13,14,18). The molecule has 0 aromatic rings. The van der Waals surface area contributed by atoms with Crippen molar-refractivity contribution in [1.82, 2.24) is 10.6 Å². The van der Waals surface area contributed by atoms with Crippen LogP contribution < -0.4 is 16.4 Å². The number of primary amides is 1. The maximum atomic E-state index is 11.3.